The first-order valence-corrected chi connectivity index (χ1v) is 8.39. The summed E-state index contributed by atoms with van der Waals surface area (Å²) in [6, 6.07) is 19.0. The van der Waals surface area contributed by atoms with Crippen molar-refractivity contribution in [2.24, 2.45) is 0 Å². The minimum absolute atomic E-state index is 0.355. The van der Waals surface area contributed by atoms with E-state index in [2.05, 4.69) is 47.8 Å². The van der Waals surface area contributed by atoms with Gasteiger partial charge in [0.25, 0.3) is 0 Å². The van der Waals surface area contributed by atoms with E-state index in [1.54, 1.807) is 0 Å². The molecule has 2 aromatic carbocycles. The first-order chi connectivity index (χ1) is 10.8. The second-order valence-corrected chi connectivity index (χ2v) is 6.28. The van der Waals surface area contributed by atoms with Crippen LogP contribution in [0.25, 0.3) is 0 Å². The highest BCUT2D eigenvalue weighted by molar-refractivity contribution is 5.29. The van der Waals surface area contributed by atoms with E-state index in [0.29, 0.717) is 17.7 Å². The molecule has 2 N–H and O–H groups in total. The fraction of sp³-hybridized carbons (Fsp3) is 0.400. The second kappa shape index (κ2) is 7.46. The molecule has 0 aliphatic heterocycles. The monoisotopic (exact) mass is 295 g/mol. The maximum atomic E-state index is 9.47. The first kappa shape index (κ1) is 15.1. The molecule has 2 nitrogen and oxygen atoms in total. The summed E-state index contributed by atoms with van der Waals surface area (Å²) in [6.07, 6.45) is 6.20. The van der Waals surface area contributed by atoms with Gasteiger partial charge in [-0.05, 0) is 55.0 Å². The molecular formula is C20H25NO. The molecule has 22 heavy (non-hydrogen) atoms. The van der Waals surface area contributed by atoms with Gasteiger partial charge < -0.3 is 10.4 Å². The third-order valence-electron chi connectivity index (χ3n) is 4.75. The molecule has 0 heterocycles. The highest BCUT2D eigenvalue weighted by Gasteiger charge is 2.25. The van der Waals surface area contributed by atoms with Gasteiger partial charge in [-0.2, -0.15) is 0 Å². The van der Waals surface area contributed by atoms with Gasteiger partial charge in [0.1, 0.15) is 5.75 Å². The van der Waals surface area contributed by atoms with E-state index in [0.717, 1.165) is 13.0 Å². The smallest absolute Gasteiger partial charge is 0.115 e. The molecule has 3 rings (SSSR count). The van der Waals surface area contributed by atoms with Gasteiger partial charge in [-0.15, -0.1) is 0 Å². The van der Waals surface area contributed by atoms with E-state index in [4.69, 9.17) is 0 Å². The van der Waals surface area contributed by atoms with Crippen molar-refractivity contribution < 1.29 is 5.11 Å². The Hall–Kier alpha value is -1.80. The Balaban J connectivity index is 1.59. The Kier molecular flexibility index (Phi) is 5.12. The number of nitrogens with one attached hydrogen (secondary N) is 1. The van der Waals surface area contributed by atoms with Crippen molar-refractivity contribution in [3.63, 3.8) is 0 Å². The van der Waals surface area contributed by atoms with Gasteiger partial charge in [0.05, 0.1) is 0 Å². The summed E-state index contributed by atoms with van der Waals surface area (Å²) in [5, 5.41) is 13.2. The van der Waals surface area contributed by atoms with Crippen LogP contribution in [0.2, 0.25) is 0 Å². The zero-order chi connectivity index (χ0) is 15.2. The highest BCUT2D eigenvalue weighted by atomic mass is 16.3. The normalized spacial score (nSPS) is 21.6. The van der Waals surface area contributed by atoms with Gasteiger partial charge in [-0.25, -0.2) is 0 Å². The molecule has 2 atom stereocenters. The second-order valence-electron chi connectivity index (χ2n) is 6.28. The quantitative estimate of drug-likeness (QED) is 0.864. The maximum Gasteiger partial charge on any atom is 0.115 e. The van der Waals surface area contributed by atoms with Crippen LogP contribution < -0.4 is 5.32 Å². The van der Waals surface area contributed by atoms with Gasteiger partial charge >= 0.3 is 0 Å². The Morgan fingerprint density at radius 1 is 0.909 bits per heavy atom. The van der Waals surface area contributed by atoms with Crippen LogP contribution in [0.15, 0.2) is 54.6 Å². The van der Waals surface area contributed by atoms with Crippen LogP contribution in [0.4, 0.5) is 0 Å². The molecule has 0 bridgehead atoms. The van der Waals surface area contributed by atoms with Crippen molar-refractivity contribution in [1.29, 1.82) is 0 Å². The van der Waals surface area contributed by atoms with Gasteiger partial charge in [-0.3, -0.25) is 0 Å². The Labute approximate surface area is 133 Å². The van der Waals surface area contributed by atoms with Crippen molar-refractivity contribution >= 4 is 0 Å². The predicted molar refractivity (Wildman–Crippen MR) is 91.3 cm³/mol. The summed E-state index contributed by atoms with van der Waals surface area (Å²) in [5.41, 5.74) is 2.75. The number of benzene rings is 2. The van der Waals surface area contributed by atoms with Gasteiger partial charge in [0.2, 0.25) is 0 Å². The molecule has 0 amide bonds. The van der Waals surface area contributed by atoms with Crippen molar-refractivity contribution in [1.82, 2.24) is 5.32 Å². The van der Waals surface area contributed by atoms with Crippen LogP contribution in [0, 0.1) is 0 Å². The molecule has 1 fully saturated rings. The molecule has 2 aromatic rings. The number of hydrogen-bond donors (Lipinski definition) is 2. The van der Waals surface area contributed by atoms with Crippen LogP contribution in [-0.2, 0) is 6.42 Å². The van der Waals surface area contributed by atoms with E-state index >= 15 is 0 Å². The Bertz CT molecular complexity index is 564. The average Bonchev–Trinajstić information content (AvgIpc) is 2.57. The molecule has 1 saturated carbocycles. The van der Waals surface area contributed by atoms with E-state index in [9.17, 15) is 5.11 Å². The van der Waals surface area contributed by atoms with Crippen molar-refractivity contribution in [3.8, 4) is 5.75 Å². The molecule has 1 aliphatic rings. The fourth-order valence-corrected chi connectivity index (χ4v) is 3.54. The fourth-order valence-electron chi connectivity index (χ4n) is 3.54. The van der Waals surface area contributed by atoms with E-state index in [1.165, 1.54) is 36.8 Å². The number of phenolic OH excluding ortho intramolecular Hbond substituents is 1. The summed E-state index contributed by atoms with van der Waals surface area (Å²) < 4.78 is 0. The van der Waals surface area contributed by atoms with Crippen LogP contribution in [0.5, 0.6) is 5.75 Å². The lowest BCUT2D eigenvalue weighted by Crippen LogP contribution is -2.38. The molecule has 116 valence electrons. The zero-order valence-corrected chi connectivity index (χ0v) is 13.0. The van der Waals surface area contributed by atoms with Crippen molar-refractivity contribution in [3.05, 3.63) is 65.7 Å². The Morgan fingerprint density at radius 2 is 1.64 bits per heavy atom. The lowest BCUT2D eigenvalue weighted by molar-refractivity contribution is 0.329. The summed E-state index contributed by atoms with van der Waals surface area (Å²) >= 11 is 0. The van der Waals surface area contributed by atoms with E-state index < -0.39 is 0 Å². The molecule has 0 spiro atoms. The zero-order valence-electron chi connectivity index (χ0n) is 13.0. The highest BCUT2D eigenvalue weighted by Crippen LogP contribution is 2.33. The molecule has 0 radical (unpaired) electrons. The topological polar surface area (TPSA) is 32.3 Å². The third-order valence-corrected chi connectivity index (χ3v) is 4.75. The van der Waals surface area contributed by atoms with Crippen LogP contribution >= 0.6 is 0 Å². The molecular weight excluding hydrogens is 270 g/mol. The van der Waals surface area contributed by atoms with E-state index in [-0.39, 0.29) is 0 Å². The summed E-state index contributed by atoms with van der Waals surface area (Å²) in [4.78, 5) is 0. The number of aromatic hydroxyl groups is 1. The Morgan fingerprint density at radius 3 is 2.41 bits per heavy atom. The van der Waals surface area contributed by atoms with Gasteiger partial charge in [-0.1, -0.05) is 55.3 Å². The number of phenols is 1. The van der Waals surface area contributed by atoms with Gasteiger partial charge in [0.15, 0.2) is 0 Å². The standard InChI is InChI=1S/C20H25NO/c22-18-12-10-17(11-13-18)19-8-4-5-9-20(19)21-15-14-16-6-2-1-3-7-16/h1-3,6-7,10-13,19-22H,4-5,8-9,14-15H2. The predicted octanol–water partition coefficient (Wildman–Crippen LogP) is 4.25. The minimum atomic E-state index is 0.355. The third kappa shape index (κ3) is 3.89. The molecule has 0 saturated heterocycles. The molecule has 1 aliphatic carbocycles. The average molecular weight is 295 g/mol. The summed E-state index contributed by atoms with van der Waals surface area (Å²) in [6.45, 7) is 1.03. The van der Waals surface area contributed by atoms with Crippen LogP contribution in [0.3, 0.4) is 0 Å². The maximum absolute atomic E-state index is 9.47. The van der Waals surface area contributed by atoms with Crippen molar-refractivity contribution in [2.75, 3.05) is 6.54 Å². The SMILES string of the molecule is Oc1ccc(C2CCCCC2NCCc2ccccc2)cc1. The van der Waals surface area contributed by atoms with Crippen LogP contribution in [0.1, 0.15) is 42.7 Å². The minimum Gasteiger partial charge on any atom is -0.508 e. The molecule has 2 unspecified atom stereocenters. The number of rotatable bonds is 5. The first-order valence-electron chi connectivity index (χ1n) is 8.39. The van der Waals surface area contributed by atoms with Gasteiger partial charge in [0, 0.05) is 6.04 Å². The largest absolute Gasteiger partial charge is 0.508 e. The lowest BCUT2D eigenvalue weighted by Gasteiger charge is -2.33. The number of hydrogen-bond acceptors (Lipinski definition) is 2. The van der Waals surface area contributed by atoms with Crippen molar-refractivity contribution in [2.45, 2.75) is 44.1 Å². The molecule has 0 aromatic heterocycles. The van der Waals surface area contributed by atoms with E-state index in [1.807, 2.05) is 12.1 Å². The van der Waals surface area contributed by atoms with Crippen LogP contribution in [-0.4, -0.2) is 17.7 Å². The summed E-state index contributed by atoms with van der Waals surface area (Å²) in [7, 11) is 0. The lowest BCUT2D eigenvalue weighted by atomic mass is 9.80. The molecule has 2 heteroatoms. The summed E-state index contributed by atoms with van der Waals surface area (Å²) in [5.74, 6) is 0.929.